The van der Waals surface area contributed by atoms with E-state index < -0.39 is 6.60 Å². The molecule has 4 aromatic rings. The van der Waals surface area contributed by atoms with E-state index in [1.54, 1.807) is 13.2 Å². The van der Waals surface area contributed by atoms with Crippen LogP contribution >= 0.6 is 39.5 Å². The summed E-state index contributed by atoms with van der Waals surface area (Å²) in [5.41, 5.74) is 0. The first-order chi connectivity index (χ1) is 14.5. The van der Waals surface area contributed by atoms with Crippen LogP contribution in [0.4, 0.5) is 0 Å². The number of benzene rings is 4. The first-order valence-corrected chi connectivity index (χ1v) is 13.2. The van der Waals surface area contributed by atoms with Gasteiger partial charge in [0.1, 0.15) is 0 Å². The SMILES string of the molecule is Br.COc1cc(Br)c(O)c(P(C)(c2ccccc2)(c2ccccc2)c2ccccc2)c1. The number of hydrogen-bond acceptors (Lipinski definition) is 2. The molecule has 1 N–H and O–H groups in total. The zero-order valence-electron chi connectivity index (χ0n) is 17.4. The summed E-state index contributed by atoms with van der Waals surface area (Å²) in [6, 6.07) is 35.3. The second-order valence-corrected chi connectivity index (χ2v) is 13.6. The molecule has 0 aromatic heterocycles. The number of phenolic OH excluding ortho intramolecular Hbond substituents is 1. The number of methoxy groups -OCH3 is 1. The number of halogens is 2. The third-order valence-electron chi connectivity index (χ3n) is 6.06. The molecule has 160 valence electrons. The van der Waals surface area contributed by atoms with E-state index >= 15 is 0 Å². The maximum absolute atomic E-state index is 11.4. The van der Waals surface area contributed by atoms with Gasteiger partial charge in [-0.3, -0.25) is 0 Å². The molecule has 4 rings (SSSR count). The van der Waals surface area contributed by atoms with E-state index in [1.165, 1.54) is 15.9 Å². The molecular formula is C26H25Br2O2P. The summed E-state index contributed by atoms with van der Waals surface area (Å²) in [6.07, 6.45) is 0. The number of aromatic hydroxyl groups is 1. The number of ether oxygens (including phenoxy) is 1. The first-order valence-electron chi connectivity index (χ1n) is 9.75. The Bertz CT molecular complexity index is 1070. The van der Waals surface area contributed by atoms with Gasteiger partial charge in [0.2, 0.25) is 0 Å². The van der Waals surface area contributed by atoms with Crippen LogP contribution < -0.4 is 26.0 Å². The molecule has 0 atom stereocenters. The van der Waals surface area contributed by atoms with Crippen LogP contribution in [0.3, 0.4) is 0 Å². The molecule has 4 aromatic carbocycles. The Balaban J connectivity index is 0.00000272. The molecule has 0 amide bonds. The number of rotatable bonds is 5. The van der Waals surface area contributed by atoms with Gasteiger partial charge < -0.3 is 0 Å². The fourth-order valence-corrected chi connectivity index (χ4v) is 10.5. The van der Waals surface area contributed by atoms with Crippen molar-refractivity contribution < 1.29 is 9.84 Å². The third kappa shape index (κ3) is 3.61. The second kappa shape index (κ2) is 9.16. The Hall–Kier alpha value is -2.13. The Morgan fingerprint density at radius 1 is 0.710 bits per heavy atom. The molecule has 0 saturated carbocycles. The number of phenols is 1. The van der Waals surface area contributed by atoms with Crippen LogP contribution in [0.1, 0.15) is 0 Å². The van der Waals surface area contributed by atoms with Crippen LogP contribution in [0.2, 0.25) is 0 Å². The van der Waals surface area contributed by atoms with Gasteiger partial charge in [0.05, 0.1) is 0 Å². The summed E-state index contributed by atoms with van der Waals surface area (Å²) in [7, 11) is 1.65. The van der Waals surface area contributed by atoms with Crippen LogP contribution in [0.25, 0.3) is 0 Å². The zero-order chi connectivity index (χ0) is 21.2. The van der Waals surface area contributed by atoms with Crippen molar-refractivity contribution in [3.05, 3.63) is 108 Å². The zero-order valence-corrected chi connectivity index (χ0v) is 21.6. The van der Waals surface area contributed by atoms with E-state index in [4.69, 9.17) is 4.74 Å². The minimum absolute atomic E-state index is 0. The molecule has 0 aliphatic rings. The van der Waals surface area contributed by atoms with Gasteiger partial charge >= 0.3 is 186 Å². The molecule has 0 aliphatic carbocycles. The normalized spacial score (nSPS) is 12.3. The molecule has 0 spiro atoms. The molecule has 0 saturated heterocycles. The van der Waals surface area contributed by atoms with Gasteiger partial charge in [-0.2, -0.15) is 0 Å². The van der Waals surface area contributed by atoms with Crippen molar-refractivity contribution >= 4 is 60.7 Å². The Labute approximate surface area is 202 Å². The third-order valence-corrected chi connectivity index (χ3v) is 13.0. The van der Waals surface area contributed by atoms with Crippen LogP contribution in [0.15, 0.2) is 108 Å². The van der Waals surface area contributed by atoms with Gasteiger partial charge in [-0.05, 0) is 0 Å². The van der Waals surface area contributed by atoms with Crippen LogP contribution in [-0.4, -0.2) is 18.9 Å². The standard InChI is InChI=1S/C26H24BrO2P.BrH/c1-29-20-18-24(27)26(28)25(19-20)30(2,21-12-6-3-7-13-21,22-14-8-4-9-15-22)23-16-10-5-11-17-23;/h3-19,28H,1-2H3;1H. The summed E-state index contributed by atoms with van der Waals surface area (Å²) in [5.74, 6) is 0.945. The fraction of sp³-hybridized carbons (Fsp3) is 0.0769. The van der Waals surface area contributed by atoms with Gasteiger partial charge in [-0.15, -0.1) is 17.0 Å². The monoisotopic (exact) mass is 558 g/mol. The molecule has 2 nitrogen and oxygen atoms in total. The van der Waals surface area contributed by atoms with Gasteiger partial charge in [0, 0.05) is 0 Å². The Kier molecular flexibility index (Phi) is 6.95. The van der Waals surface area contributed by atoms with Crippen molar-refractivity contribution in [3.63, 3.8) is 0 Å². The van der Waals surface area contributed by atoms with E-state index in [0.717, 1.165) is 5.30 Å². The summed E-state index contributed by atoms with van der Waals surface area (Å²) in [5, 5.41) is 15.8. The van der Waals surface area contributed by atoms with Gasteiger partial charge in [-0.1, -0.05) is 0 Å². The Morgan fingerprint density at radius 3 is 1.45 bits per heavy atom. The predicted octanol–water partition coefficient (Wildman–Crippen LogP) is 5.53. The molecule has 0 aliphatic heterocycles. The molecule has 0 radical (unpaired) electrons. The summed E-state index contributed by atoms with van der Waals surface area (Å²) >= 11 is 3.56. The van der Waals surface area contributed by atoms with Crippen molar-refractivity contribution in [3.8, 4) is 11.5 Å². The molecule has 0 unspecified atom stereocenters. The van der Waals surface area contributed by atoms with Crippen molar-refractivity contribution in [2.24, 2.45) is 0 Å². The van der Waals surface area contributed by atoms with E-state index in [9.17, 15) is 5.11 Å². The molecular weight excluding hydrogens is 535 g/mol. The Morgan fingerprint density at radius 2 is 1.10 bits per heavy atom. The average Bonchev–Trinajstić information content (AvgIpc) is 2.82. The van der Waals surface area contributed by atoms with Gasteiger partial charge in [-0.25, -0.2) is 0 Å². The van der Waals surface area contributed by atoms with E-state index in [1.807, 2.05) is 24.3 Å². The van der Waals surface area contributed by atoms with Crippen molar-refractivity contribution in [2.45, 2.75) is 0 Å². The molecule has 0 bridgehead atoms. The van der Waals surface area contributed by atoms with Crippen molar-refractivity contribution in [2.75, 3.05) is 13.8 Å². The minimum atomic E-state index is -3.31. The molecule has 0 fully saturated rings. The fourth-order valence-electron chi connectivity index (χ4n) is 4.37. The number of hydrogen-bond donors (Lipinski definition) is 1. The van der Waals surface area contributed by atoms with Crippen LogP contribution in [0, 0.1) is 0 Å². The summed E-state index contributed by atoms with van der Waals surface area (Å²) in [4.78, 5) is 0. The topological polar surface area (TPSA) is 29.5 Å². The second-order valence-electron chi connectivity index (χ2n) is 7.55. The van der Waals surface area contributed by atoms with Gasteiger partial charge in [0.15, 0.2) is 0 Å². The van der Waals surface area contributed by atoms with E-state index in [0.29, 0.717) is 10.2 Å². The van der Waals surface area contributed by atoms with Gasteiger partial charge in [0.25, 0.3) is 0 Å². The van der Waals surface area contributed by atoms with Crippen molar-refractivity contribution in [1.82, 2.24) is 0 Å². The quantitative estimate of drug-likeness (QED) is 0.326. The van der Waals surface area contributed by atoms with Crippen LogP contribution in [-0.2, 0) is 0 Å². The van der Waals surface area contributed by atoms with E-state index in [2.05, 4.69) is 95.4 Å². The average molecular weight is 560 g/mol. The summed E-state index contributed by atoms with van der Waals surface area (Å²) in [6.45, 7) is -0.996. The molecule has 31 heavy (non-hydrogen) atoms. The maximum atomic E-state index is 11.4. The van der Waals surface area contributed by atoms with Crippen molar-refractivity contribution in [1.29, 1.82) is 0 Å². The predicted molar refractivity (Wildman–Crippen MR) is 143 cm³/mol. The summed E-state index contributed by atoms with van der Waals surface area (Å²) < 4.78 is 6.24. The van der Waals surface area contributed by atoms with Crippen LogP contribution in [0.5, 0.6) is 11.5 Å². The molecule has 0 heterocycles. The molecule has 5 heteroatoms. The van der Waals surface area contributed by atoms with E-state index in [-0.39, 0.29) is 22.7 Å². The first kappa shape index (κ1) is 23.5.